The molecule has 166 valence electrons. The Labute approximate surface area is 177 Å². The fourth-order valence-corrected chi connectivity index (χ4v) is 4.08. The third kappa shape index (κ3) is 5.57. The number of anilines is 1. The predicted octanol–water partition coefficient (Wildman–Crippen LogP) is 3.13. The molecule has 0 aliphatic carbocycles. The van der Waals surface area contributed by atoms with E-state index in [0.29, 0.717) is 0 Å². The number of benzene rings is 1. The molecule has 4 rings (SSSR count). The second-order valence-corrected chi connectivity index (χ2v) is 7.69. The maximum absolute atomic E-state index is 13.1. The normalized spacial score (nSPS) is 21.6. The van der Waals surface area contributed by atoms with Crippen LogP contribution in [0.4, 0.5) is 18.9 Å². The van der Waals surface area contributed by atoms with Gasteiger partial charge in [-0.2, -0.15) is 13.2 Å². The molecule has 2 fully saturated rings. The predicted molar refractivity (Wildman–Crippen MR) is 106 cm³/mol. The smallest absolute Gasteiger partial charge is 0.475 e. The fraction of sp³-hybridized carbons (Fsp3) is 0.429. The SMILES string of the molecule is O=C(O)C(F)(F)F.O=C1N(c2cncnc2)CCC12CCCN(Cc1ccccc1)C2. The first-order valence-electron chi connectivity index (χ1n) is 9.85. The summed E-state index contributed by atoms with van der Waals surface area (Å²) in [6, 6.07) is 10.5. The van der Waals surface area contributed by atoms with Gasteiger partial charge in [0.1, 0.15) is 6.33 Å². The van der Waals surface area contributed by atoms with Crippen molar-refractivity contribution in [3.8, 4) is 0 Å². The zero-order valence-corrected chi connectivity index (χ0v) is 16.8. The quantitative estimate of drug-likeness (QED) is 0.796. The van der Waals surface area contributed by atoms with Crippen molar-refractivity contribution in [2.45, 2.75) is 32.0 Å². The second-order valence-electron chi connectivity index (χ2n) is 7.69. The van der Waals surface area contributed by atoms with E-state index in [-0.39, 0.29) is 11.3 Å². The van der Waals surface area contributed by atoms with Crippen molar-refractivity contribution in [1.82, 2.24) is 14.9 Å². The Balaban J connectivity index is 0.000000339. The van der Waals surface area contributed by atoms with Crippen molar-refractivity contribution < 1.29 is 27.9 Å². The number of nitrogens with zero attached hydrogens (tertiary/aromatic N) is 4. The van der Waals surface area contributed by atoms with Gasteiger partial charge in [0.2, 0.25) is 5.91 Å². The van der Waals surface area contributed by atoms with E-state index in [1.54, 1.807) is 12.4 Å². The van der Waals surface area contributed by atoms with Crippen LogP contribution < -0.4 is 4.90 Å². The number of alkyl halides is 3. The topological polar surface area (TPSA) is 86.6 Å². The molecule has 0 bridgehead atoms. The lowest BCUT2D eigenvalue weighted by Gasteiger charge is -2.39. The minimum atomic E-state index is -5.08. The Bertz CT molecular complexity index is 896. The highest BCUT2D eigenvalue weighted by Gasteiger charge is 2.49. The molecule has 0 radical (unpaired) electrons. The zero-order chi connectivity index (χ0) is 22.5. The summed E-state index contributed by atoms with van der Waals surface area (Å²) in [5, 5.41) is 7.12. The third-order valence-corrected chi connectivity index (χ3v) is 5.52. The molecule has 3 heterocycles. The largest absolute Gasteiger partial charge is 0.490 e. The van der Waals surface area contributed by atoms with Crippen LogP contribution in [0.5, 0.6) is 0 Å². The lowest BCUT2D eigenvalue weighted by atomic mass is 9.78. The van der Waals surface area contributed by atoms with Crippen molar-refractivity contribution in [3.05, 3.63) is 54.6 Å². The van der Waals surface area contributed by atoms with Gasteiger partial charge in [0.15, 0.2) is 0 Å². The van der Waals surface area contributed by atoms with Crippen molar-refractivity contribution in [3.63, 3.8) is 0 Å². The minimum Gasteiger partial charge on any atom is -0.475 e. The Hall–Kier alpha value is -3.01. The van der Waals surface area contributed by atoms with Gasteiger partial charge in [-0.25, -0.2) is 14.8 Å². The molecule has 7 nitrogen and oxygen atoms in total. The molecule has 0 saturated carbocycles. The van der Waals surface area contributed by atoms with Gasteiger partial charge in [-0.1, -0.05) is 30.3 Å². The first kappa shape index (κ1) is 22.7. The van der Waals surface area contributed by atoms with Gasteiger partial charge in [-0.3, -0.25) is 9.69 Å². The molecule has 2 aliphatic heterocycles. The highest BCUT2D eigenvalue weighted by Crippen LogP contribution is 2.41. The number of piperidine rings is 1. The van der Waals surface area contributed by atoms with Crippen LogP contribution in [0.25, 0.3) is 0 Å². The van der Waals surface area contributed by atoms with Crippen molar-refractivity contribution in [2.24, 2.45) is 5.41 Å². The highest BCUT2D eigenvalue weighted by atomic mass is 19.4. The summed E-state index contributed by atoms with van der Waals surface area (Å²) in [7, 11) is 0. The van der Waals surface area contributed by atoms with E-state index >= 15 is 0 Å². The van der Waals surface area contributed by atoms with Crippen LogP contribution in [0.1, 0.15) is 24.8 Å². The lowest BCUT2D eigenvalue weighted by molar-refractivity contribution is -0.192. The molecule has 10 heteroatoms. The maximum atomic E-state index is 13.1. The van der Waals surface area contributed by atoms with Crippen LogP contribution in [0.15, 0.2) is 49.1 Å². The number of amides is 1. The number of carbonyl (C=O) groups excluding carboxylic acids is 1. The van der Waals surface area contributed by atoms with Gasteiger partial charge < -0.3 is 10.0 Å². The van der Waals surface area contributed by atoms with Crippen LogP contribution in [-0.4, -0.2) is 57.7 Å². The average Bonchev–Trinajstić information content (AvgIpc) is 3.05. The first-order valence-corrected chi connectivity index (χ1v) is 9.85. The number of halogens is 3. The van der Waals surface area contributed by atoms with E-state index in [1.807, 2.05) is 11.0 Å². The second kappa shape index (κ2) is 9.42. The van der Waals surface area contributed by atoms with Gasteiger partial charge >= 0.3 is 12.1 Å². The number of hydrogen-bond donors (Lipinski definition) is 1. The van der Waals surface area contributed by atoms with Crippen molar-refractivity contribution in [1.29, 1.82) is 0 Å². The number of carboxylic acid groups (broad SMARTS) is 1. The van der Waals surface area contributed by atoms with Gasteiger partial charge in [-0.15, -0.1) is 0 Å². The molecule has 1 atom stereocenters. The highest BCUT2D eigenvalue weighted by molar-refractivity contribution is 5.99. The summed E-state index contributed by atoms with van der Waals surface area (Å²) in [6.45, 7) is 3.61. The fourth-order valence-electron chi connectivity index (χ4n) is 4.08. The average molecular weight is 436 g/mol. The number of aromatic nitrogens is 2. The van der Waals surface area contributed by atoms with E-state index < -0.39 is 12.1 Å². The van der Waals surface area contributed by atoms with Gasteiger partial charge in [0, 0.05) is 19.6 Å². The monoisotopic (exact) mass is 436 g/mol. The molecule has 1 unspecified atom stereocenters. The molecule has 2 aliphatic rings. The molecule has 31 heavy (non-hydrogen) atoms. The first-order chi connectivity index (χ1) is 14.7. The lowest BCUT2D eigenvalue weighted by Crippen LogP contribution is -2.47. The molecule has 2 saturated heterocycles. The van der Waals surface area contributed by atoms with Crippen LogP contribution in [-0.2, 0) is 16.1 Å². The molecule has 1 aromatic carbocycles. The summed E-state index contributed by atoms with van der Waals surface area (Å²) in [4.78, 5) is 34.4. The van der Waals surface area contributed by atoms with E-state index in [1.165, 1.54) is 11.9 Å². The van der Waals surface area contributed by atoms with Gasteiger partial charge in [-0.05, 0) is 31.4 Å². The van der Waals surface area contributed by atoms with Crippen LogP contribution in [0, 0.1) is 5.41 Å². The zero-order valence-electron chi connectivity index (χ0n) is 16.8. The molecule has 2 aromatic rings. The number of hydrogen-bond acceptors (Lipinski definition) is 5. The maximum Gasteiger partial charge on any atom is 0.490 e. The number of carbonyl (C=O) groups is 2. The van der Waals surface area contributed by atoms with Gasteiger partial charge in [0.25, 0.3) is 0 Å². The Morgan fingerprint density at radius 1 is 1.10 bits per heavy atom. The van der Waals surface area contributed by atoms with Crippen LogP contribution >= 0.6 is 0 Å². The summed E-state index contributed by atoms with van der Waals surface area (Å²) < 4.78 is 31.7. The number of likely N-dealkylation sites (tertiary alicyclic amines) is 1. The molecule has 1 N–H and O–H groups in total. The molecular formula is C21H23F3N4O3. The summed E-state index contributed by atoms with van der Waals surface area (Å²) in [5.41, 5.74) is 1.90. The Morgan fingerprint density at radius 3 is 2.35 bits per heavy atom. The van der Waals surface area contributed by atoms with Crippen LogP contribution in [0.2, 0.25) is 0 Å². The Morgan fingerprint density at radius 2 is 1.74 bits per heavy atom. The third-order valence-electron chi connectivity index (χ3n) is 5.52. The molecular weight excluding hydrogens is 413 g/mol. The standard InChI is InChI=1S/C19H22N4O.C2HF3O2/c24-18-19(8-10-23(18)17-11-20-15-21-12-17)7-4-9-22(14-19)13-16-5-2-1-3-6-16;3-2(4,5)1(6)7/h1-3,5-6,11-12,15H,4,7-10,13-14H2;(H,6,7). The van der Waals surface area contributed by atoms with E-state index in [2.05, 4.69) is 39.1 Å². The Kier molecular flexibility index (Phi) is 6.89. The summed E-state index contributed by atoms with van der Waals surface area (Å²) >= 11 is 0. The van der Waals surface area contributed by atoms with E-state index in [9.17, 15) is 18.0 Å². The summed E-state index contributed by atoms with van der Waals surface area (Å²) in [5.74, 6) is -2.51. The molecule has 1 spiro atoms. The van der Waals surface area contributed by atoms with Crippen molar-refractivity contribution >= 4 is 17.6 Å². The van der Waals surface area contributed by atoms with E-state index in [4.69, 9.17) is 9.90 Å². The number of rotatable bonds is 3. The molecule has 1 aromatic heterocycles. The van der Waals surface area contributed by atoms with Crippen molar-refractivity contribution in [2.75, 3.05) is 24.5 Å². The number of carboxylic acids is 1. The number of aliphatic carboxylic acids is 1. The summed E-state index contributed by atoms with van der Waals surface area (Å²) in [6.07, 6.45) is 2.87. The van der Waals surface area contributed by atoms with E-state index in [0.717, 1.165) is 51.1 Å². The minimum absolute atomic E-state index is 0.233. The van der Waals surface area contributed by atoms with Crippen LogP contribution in [0.3, 0.4) is 0 Å². The van der Waals surface area contributed by atoms with Gasteiger partial charge in [0.05, 0.1) is 23.5 Å². The molecule has 1 amide bonds.